The topological polar surface area (TPSA) is 52.6 Å². The quantitative estimate of drug-likeness (QED) is 0.302. The maximum atomic E-state index is 12.3. The third-order valence-electron chi connectivity index (χ3n) is 4.42. The molecule has 2 aromatic carbocycles. The van der Waals surface area contributed by atoms with Crippen molar-refractivity contribution in [3.05, 3.63) is 59.7 Å². The number of carbonyl (C=O) groups excluding carboxylic acids is 2. The molecule has 4 nitrogen and oxygen atoms in total. The van der Waals surface area contributed by atoms with E-state index in [2.05, 4.69) is 34.5 Å². The van der Waals surface area contributed by atoms with Gasteiger partial charge in [0.15, 0.2) is 0 Å². The van der Waals surface area contributed by atoms with Crippen LogP contribution in [0.1, 0.15) is 27.1 Å². The second-order valence-electron chi connectivity index (χ2n) is 9.26. The first-order chi connectivity index (χ1) is 13.5. The van der Waals surface area contributed by atoms with Crippen molar-refractivity contribution in [3.63, 3.8) is 0 Å². The molecule has 0 atom stereocenters. The summed E-state index contributed by atoms with van der Waals surface area (Å²) in [5.74, 6) is 14.1. The Labute approximate surface area is 179 Å². The molecule has 0 radical (unpaired) electrons. The van der Waals surface area contributed by atoms with Crippen LogP contribution in [0.2, 0.25) is 34.5 Å². The summed E-state index contributed by atoms with van der Waals surface area (Å²) in [5, 5.41) is 0. The normalized spacial score (nSPS) is 11.8. The van der Waals surface area contributed by atoms with Crippen LogP contribution >= 0.6 is 0 Å². The van der Waals surface area contributed by atoms with Crippen molar-refractivity contribution < 1.29 is 19.1 Å². The van der Waals surface area contributed by atoms with E-state index in [1.807, 2.05) is 48.5 Å². The maximum absolute atomic E-state index is 12.3. The number of hydrogen-bond donors (Lipinski definition) is 0. The predicted molar refractivity (Wildman–Crippen MR) is 124 cm³/mol. The van der Waals surface area contributed by atoms with Crippen LogP contribution in [0.4, 0.5) is 0 Å². The molecule has 2 rings (SSSR count). The molecule has 0 heterocycles. The molecule has 0 N–H and O–H groups in total. The van der Waals surface area contributed by atoms with E-state index >= 15 is 0 Å². The van der Waals surface area contributed by atoms with Crippen molar-refractivity contribution >= 4 is 35.8 Å². The van der Waals surface area contributed by atoms with Crippen LogP contribution in [0.25, 0.3) is 0 Å². The van der Waals surface area contributed by atoms with Crippen molar-refractivity contribution in [2.24, 2.45) is 0 Å². The van der Waals surface area contributed by atoms with Gasteiger partial charge in [-0.25, -0.2) is 0 Å². The van der Waals surface area contributed by atoms with Gasteiger partial charge in [-0.2, -0.15) is 0 Å². The van der Waals surface area contributed by atoms with Crippen LogP contribution in [0.15, 0.2) is 48.5 Å². The molecule has 29 heavy (non-hydrogen) atoms. The Hall–Kier alpha value is -1.53. The Morgan fingerprint density at radius 3 is 1.21 bits per heavy atom. The average Bonchev–Trinajstić information content (AvgIpc) is 2.66. The molecule has 0 fully saturated rings. The molecule has 6 heteroatoms. The van der Waals surface area contributed by atoms with Gasteiger partial charge in [-0.3, -0.25) is 0 Å². The van der Waals surface area contributed by atoms with Gasteiger partial charge in [0.05, 0.1) is 0 Å². The van der Waals surface area contributed by atoms with E-state index in [9.17, 15) is 9.59 Å². The van der Waals surface area contributed by atoms with Gasteiger partial charge in [0.1, 0.15) is 0 Å². The fourth-order valence-electron chi connectivity index (χ4n) is 2.71. The first-order valence-corrected chi connectivity index (χ1v) is 24.7. The van der Waals surface area contributed by atoms with E-state index in [-0.39, 0.29) is 0 Å². The third-order valence-corrected chi connectivity index (χ3v) is 11.3. The Morgan fingerprint density at radius 1 is 0.621 bits per heavy atom. The van der Waals surface area contributed by atoms with Crippen molar-refractivity contribution in [2.45, 2.75) is 41.0 Å². The van der Waals surface area contributed by atoms with Crippen LogP contribution < -0.4 is 9.47 Å². The van der Waals surface area contributed by atoms with E-state index in [4.69, 9.17) is 9.47 Å². The molecule has 2 aromatic rings. The molecule has 0 aliphatic heterocycles. The number of carbonyl (C=O) groups is 2. The van der Waals surface area contributed by atoms with Crippen molar-refractivity contribution in [1.29, 1.82) is 0 Å². The zero-order chi connectivity index (χ0) is 21.7. The Kier molecular flexibility index (Phi) is 8.17. The summed E-state index contributed by atoms with van der Waals surface area (Å²) >= 11 is -4.64. The standard InChI is InChI=1S/C23H32Ge2O4/c1-24(2,3)22(26)18-8-12-20(13-9-18)28-16-7-17-29-21-14-10-19(11-15-21)23(27)25(4,5)6/h8-15H,7,16-17H2,1-6H3. The molecule has 0 aromatic heterocycles. The van der Waals surface area contributed by atoms with E-state index in [0.29, 0.717) is 22.4 Å². The van der Waals surface area contributed by atoms with Crippen molar-refractivity contribution in [1.82, 2.24) is 0 Å². The van der Waals surface area contributed by atoms with Crippen molar-refractivity contribution in [2.75, 3.05) is 13.2 Å². The molecule has 0 aliphatic rings. The molecule has 156 valence electrons. The SMILES string of the molecule is [CH3][Ge]([CH3])([CH3])[C](=O)c1ccc(OCCCOc2ccc([C](=O)[Ge]([CH3])([CH3])[CH3])cc2)cc1. The minimum absolute atomic E-state index is 0.309. The summed E-state index contributed by atoms with van der Waals surface area (Å²) in [5.41, 5.74) is 1.57. The van der Waals surface area contributed by atoms with Gasteiger partial charge in [-0.05, 0) is 0 Å². The monoisotopic (exact) mass is 520 g/mol. The van der Waals surface area contributed by atoms with Crippen LogP contribution in [-0.4, -0.2) is 49.0 Å². The van der Waals surface area contributed by atoms with E-state index < -0.39 is 26.5 Å². The third kappa shape index (κ3) is 7.34. The van der Waals surface area contributed by atoms with Crippen LogP contribution in [-0.2, 0) is 0 Å². The zero-order valence-corrected chi connectivity index (χ0v) is 22.6. The fourth-order valence-corrected chi connectivity index (χ4v) is 7.04. The molecule has 0 saturated carbocycles. The molecular weight excluding hydrogens is 485 g/mol. The molecule has 0 spiro atoms. The van der Waals surface area contributed by atoms with Crippen LogP contribution in [0.3, 0.4) is 0 Å². The molecule has 0 amide bonds. The summed E-state index contributed by atoms with van der Waals surface area (Å²) < 4.78 is 12.1. The number of benzene rings is 2. The first-order valence-electron chi connectivity index (χ1n) is 10.0. The van der Waals surface area contributed by atoms with Gasteiger partial charge < -0.3 is 0 Å². The van der Waals surface area contributed by atoms with E-state index in [1.54, 1.807) is 0 Å². The van der Waals surface area contributed by atoms with Crippen LogP contribution in [0.5, 0.6) is 11.5 Å². The van der Waals surface area contributed by atoms with E-state index in [0.717, 1.165) is 29.0 Å². The van der Waals surface area contributed by atoms with Crippen LogP contribution in [0, 0.1) is 0 Å². The molecule has 0 saturated heterocycles. The second-order valence-corrected chi connectivity index (χ2v) is 30.0. The van der Waals surface area contributed by atoms with Gasteiger partial charge in [0, 0.05) is 0 Å². The van der Waals surface area contributed by atoms with E-state index in [1.165, 1.54) is 0 Å². The predicted octanol–water partition coefficient (Wildman–Crippen LogP) is 5.65. The average molecular weight is 518 g/mol. The minimum atomic E-state index is -2.32. The molecular formula is C23H32Ge2O4. The number of hydrogen-bond acceptors (Lipinski definition) is 4. The molecule has 0 bridgehead atoms. The van der Waals surface area contributed by atoms with Crippen molar-refractivity contribution in [3.8, 4) is 11.5 Å². The summed E-state index contributed by atoms with van der Waals surface area (Å²) in [6, 6.07) is 14.9. The summed E-state index contributed by atoms with van der Waals surface area (Å²) in [4.78, 5) is 24.7. The summed E-state index contributed by atoms with van der Waals surface area (Å²) in [7, 11) is 0. The zero-order valence-electron chi connectivity index (χ0n) is 18.4. The van der Waals surface area contributed by atoms with Gasteiger partial charge in [0.2, 0.25) is 0 Å². The molecule has 0 unspecified atom stereocenters. The first kappa shape index (κ1) is 23.7. The van der Waals surface area contributed by atoms with Gasteiger partial charge in [0.25, 0.3) is 0 Å². The molecule has 0 aliphatic carbocycles. The Bertz CT molecular complexity index is 758. The number of ether oxygens (including phenoxy) is 2. The van der Waals surface area contributed by atoms with Gasteiger partial charge >= 0.3 is 180 Å². The summed E-state index contributed by atoms with van der Waals surface area (Å²) in [6.45, 7) is 1.08. The summed E-state index contributed by atoms with van der Waals surface area (Å²) in [6.07, 6.45) is 0.746. The fraction of sp³-hybridized carbons (Fsp3) is 0.391. The number of rotatable bonds is 10. The Morgan fingerprint density at radius 2 is 0.931 bits per heavy atom. The second kappa shape index (κ2) is 9.98. The Balaban J connectivity index is 1.75. The van der Waals surface area contributed by atoms with Gasteiger partial charge in [-0.1, -0.05) is 0 Å². The van der Waals surface area contributed by atoms with Gasteiger partial charge in [-0.15, -0.1) is 0 Å².